The summed E-state index contributed by atoms with van der Waals surface area (Å²) in [6.45, 7) is 0. The van der Waals surface area contributed by atoms with Crippen molar-refractivity contribution < 1.29 is 4.79 Å². The molecule has 0 aromatic carbocycles. The maximum Gasteiger partial charge on any atom is 0.132 e. The Balaban J connectivity index is 2.02. The van der Waals surface area contributed by atoms with Crippen molar-refractivity contribution in [2.24, 2.45) is 10.9 Å². The molecule has 2 heteroatoms. The van der Waals surface area contributed by atoms with E-state index in [1.54, 1.807) is 0 Å². The van der Waals surface area contributed by atoms with Gasteiger partial charge in [-0.1, -0.05) is 12.2 Å². The van der Waals surface area contributed by atoms with Crippen LogP contribution in [0, 0.1) is 5.92 Å². The van der Waals surface area contributed by atoms with Crippen LogP contribution in [0.4, 0.5) is 0 Å². The van der Waals surface area contributed by atoms with Crippen LogP contribution in [0.5, 0.6) is 0 Å². The molecule has 1 saturated carbocycles. The number of hydrogen-bond donors (Lipinski definition) is 0. The molecule has 1 aliphatic carbocycles. The summed E-state index contributed by atoms with van der Waals surface area (Å²) in [5.74, 6) is 0.937. The van der Waals surface area contributed by atoms with Gasteiger partial charge in [-0.3, -0.25) is 9.79 Å². The fraction of sp³-hybridized carbons (Fsp3) is 0.538. The van der Waals surface area contributed by atoms with Crippen LogP contribution in [0.3, 0.4) is 0 Å². The minimum absolute atomic E-state index is 0.418. The van der Waals surface area contributed by atoms with Gasteiger partial charge in [-0.2, -0.15) is 0 Å². The number of ketones is 1. The minimum Gasteiger partial charge on any atom is -0.300 e. The molecule has 0 atom stereocenters. The van der Waals surface area contributed by atoms with Gasteiger partial charge in [0.05, 0.1) is 0 Å². The first-order chi connectivity index (χ1) is 7.36. The summed E-state index contributed by atoms with van der Waals surface area (Å²) < 4.78 is 0. The van der Waals surface area contributed by atoms with E-state index in [1.807, 2.05) is 12.3 Å². The average Bonchev–Trinajstić information content (AvgIpc) is 2.19. The Bertz CT molecular complexity index is 315. The van der Waals surface area contributed by atoms with Crippen LogP contribution in [0.15, 0.2) is 28.9 Å². The number of carbonyl (C=O) groups excluding carboxylic acids is 1. The third kappa shape index (κ3) is 2.88. The first-order valence-corrected chi connectivity index (χ1v) is 5.77. The van der Waals surface area contributed by atoms with Crippen molar-refractivity contribution in [2.75, 3.05) is 0 Å². The number of nitrogens with zero attached hydrogens (tertiary/aromatic N) is 1. The second kappa shape index (κ2) is 5.06. The van der Waals surface area contributed by atoms with Crippen LogP contribution in [0.1, 0.15) is 38.5 Å². The summed E-state index contributed by atoms with van der Waals surface area (Å²) in [6, 6.07) is 0. The maximum absolute atomic E-state index is 11.1. The molecule has 80 valence electrons. The highest BCUT2D eigenvalue weighted by atomic mass is 16.1. The van der Waals surface area contributed by atoms with Crippen LogP contribution in [0.2, 0.25) is 0 Å². The lowest BCUT2D eigenvalue weighted by Gasteiger charge is -2.21. The second-order valence-electron chi connectivity index (χ2n) is 4.23. The smallest absolute Gasteiger partial charge is 0.132 e. The van der Waals surface area contributed by atoms with Gasteiger partial charge in [0.15, 0.2) is 0 Å². The van der Waals surface area contributed by atoms with Crippen molar-refractivity contribution in [2.45, 2.75) is 38.5 Å². The zero-order valence-electron chi connectivity index (χ0n) is 8.98. The summed E-state index contributed by atoms with van der Waals surface area (Å²) in [5, 5.41) is 0. The number of allylic oxidation sites excluding steroid dienone is 4. The Morgan fingerprint density at radius 3 is 2.80 bits per heavy atom. The molecule has 1 heterocycles. The lowest BCUT2D eigenvalue weighted by atomic mass is 9.85. The highest BCUT2D eigenvalue weighted by Gasteiger charge is 2.21. The summed E-state index contributed by atoms with van der Waals surface area (Å²) >= 11 is 0. The molecule has 0 spiro atoms. The molecule has 1 aliphatic heterocycles. The third-order valence-electron chi connectivity index (χ3n) is 3.09. The Kier molecular flexibility index (Phi) is 3.49. The van der Waals surface area contributed by atoms with E-state index < -0.39 is 0 Å². The molecule has 2 nitrogen and oxygen atoms in total. The van der Waals surface area contributed by atoms with Crippen LogP contribution in [-0.2, 0) is 4.79 Å². The number of hydrogen-bond acceptors (Lipinski definition) is 2. The molecule has 0 aromatic heterocycles. The Hall–Kier alpha value is -1.18. The lowest BCUT2D eigenvalue weighted by Crippen LogP contribution is -2.15. The van der Waals surface area contributed by atoms with Crippen LogP contribution in [-0.4, -0.2) is 12.0 Å². The maximum atomic E-state index is 11.1. The Morgan fingerprint density at radius 2 is 2.00 bits per heavy atom. The van der Waals surface area contributed by atoms with Crippen LogP contribution < -0.4 is 0 Å². The van der Waals surface area contributed by atoms with Crippen molar-refractivity contribution >= 4 is 12.0 Å². The zero-order chi connectivity index (χ0) is 10.5. The SMILES string of the molecule is O=C1CCC(C2=CCC/C=C/C=N2)CC1. The molecule has 0 unspecified atom stereocenters. The topological polar surface area (TPSA) is 29.4 Å². The first-order valence-electron chi connectivity index (χ1n) is 5.77. The van der Waals surface area contributed by atoms with E-state index in [2.05, 4.69) is 17.1 Å². The number of rotatable bonds is 1. The molecule has 15 heavy (non-hydrogen) atoms. The normalized spacial score (nSPS) is 25.6. The molecular formula is C13H17NO. The van der Waals surface area contributed by atoms with Gasteiger partial charge in [-0.15, -0.1) is 0 Å². The van der Waals surface area contributed by atoms with Crippen molar-refractivity contribution in [1.29, 1.82) is 0 Å². The third-order valence-corrected chi connectivity index (χ3v) is 3.09. The van der Waals surface area contributed by atoms with Gasteiger partial charge in [0.1, 0.15) is 5.78 Å². The zero-order valence-corrected chi connectivity index (χ0v) is 8.98. The summed E-state index contributed by atoms with van der Waals surface area (Å²) in [5.41, 5.74) is 1.20. The van der Waals surface area contributed by atoms with E-state index in [0.29, 0.717) is 11.7 Å². The van der Waals surface area contributed by atoms with E-state index in [-0.39, 0.29) is 0 Å². The van der Waals surface area contributed by atoms with Gasteiger partial charge < -0.3 is 0 Å². The van der Waals surface area contributed by atoms with Crippen LogP contribution in [0.25, 0.3) is 0 Å². The molecule has 1 fully saturated rings. The highest BCUT2D eigenvalue weighted by molar-refractivity contribution is 5.79. The number of carbonyl (C=O) groups is 1. The molecule has 0 aromatic rings. The van der Waals surface area contributed by atoms with Gasteiger partial charge >= 0.3 is 0 Å². The Labute approximate surface area is 90.8 Å². The minimum atomic E-state index is 0.418. The Morgan fingerprint density at radius 1 is 1.20 bits per heavy atom. The molecule has 0 bridgehead atoms. The standard InChI is InChI=1S/C13H17NO/c15-12-8-6-11(7-9-12)13-5-3-1-2-4-10-14-13/h2,4-5,10-11H,1,3,6-9H2/b4-2+,13-5?,14-10?. The summed E-state index contributed by atoms with van der Waals surface area (Å²) in [6.07, 6.45) is 13.9. The van der Waals surface area contributed by atoms with Gasteiger partial charge in [0.2, 0.25) is 0 Å². The predicted molar refractivity (Wildman–Crippen MR) is 61.9 cm³/mol. The first kappa shape index (κ1) is 10.3. The van der Waals surface area contributed by atoms with Crippen LogP contribution >= 0.6 is 0 Å². The van der Waals surface area contributed by atoms with Gasteiger partial charge in [-0.05, 0) is 31.8 Å². The largest absolute Gasteiger partial charge is 0.300 e. The van der Waals surface area contributed by atoms with Crippen molar-refractivity contribution in [3.63, 3.8) is 0 Å². The van der Waals surface area contributed by atoms with Gasteiger partial charge in [0, 0.05) is 30.7 Å². The highest BCUT2D eigenvalue weighted by Crippen LogP contribution is 2.29. The van der Waals surface area contributed by atoms with E-state index in [4.69, 9.17) is 0 Å². The molecule has 2 aliphatic rings. The van der Waals surface area contributed by atoms with Gasteiger partial charge in [-0.25, -0.2) is 0 Å². The number of Topliss-reactive ketones (excluding diaryl/α,β-unsaturated/α-hetero) is 1. The van der Waals surface area contributed by atoms with E-state index in [0.717, 1.165) is 38.5 Å². The quantitative estimate of drug-likeness (QED) is 0.644. The van der Waals surface area contributed by atoms with E-state index >= 15 is 0 Å². The molecule has 0 amide bonds. The molecule has 2 rings (SSSR count). The van der Waals surface area contributed by atoms with E-state index in [9.17, 15) is 4.79 Å². The van der Waals surface area contributed by atoms with Crippen molar-refractivity contribution in [3.05, 3.63) is 23.9 Å². The molecular weight excluding hydrogens is 186 g/mol. The monoisotopic (exact) mass is 203 g/mol. The second-order valence-corrected chi connectivity index (χ2v) is 4.23. The van der Waals surface area contributed by atoms with Crippen molar-refractivity contribution in [3.8, 4) is 0 Å². The lowest BCUT2D eigenvalue weighted by molar-refractivity contribution is -0.120. The van der Waals surface area contributed by atoms with Gasteiger partial charge in [0.25, 0.3) is 0 Å². The predicted octanol–water partition coefficient (Wildman–Crippen LogP) is 3.05. The average molecular weight is 203 g/mol. The van der Waals surface area contributed by atoms with Crippen molar-refractivity contribution in [1.82, 2.24) is 0 Å². The summed E-state index contributed by atoms with van der Waals surface area (Å²) in [7, 11) is 0. The molecule has 0 N–H and O–H groups in total. The fourth-order valence-corrected chi connectivity index (χ4v) is 2.17. The molecule has 0 saturated heterocycles. The number of aliphatic imine (C=N–C) groups is 1. The molecule has 0 radical (unpaired) electrons. The fourth-order valence-electron chi connectivity index (χ4n) is 2.17. The van der Waals surface area contributed by atoms with E-state index in [1.165, 1.54) is 5.70 Å². The summed E-state index contributed by atoms with van der Waals surface area (Å²) in [4.78, 5) is 15.6.